The van der Waals surface area contributed by atoms with Crippen LogP contribution in [0.5, 0.6) is 11.5 Å². The molecule has 0 bridgehead atoms. The van der Waals surface area contributed by atoms with Crippen LogP contribution in [-0.2, 0) is 6.42 Å². The van der Waals surface area contributed by atoms with E-state index >= 15 is 0 Å². The Bertz CT molecular complexity index is 484. The second-order valence-corrected chi connectivity index (χ2v) is 6.22. The van der Waals surface area contributed by atoms with Crippen molar-refractivity contribution in [2.45, 2.75) is 44.8 Å². The highest BCUT2D eigenvalue weighted by atomic mass is 79.9. The predicted molar refractivity (Wildman–Crippen MR) is 79.1 cm³/mol. The lowest BCUT2D eigenvalue weighted by molar-refractivity contribution is 0.243. The molecule has 0 amide bonds. The molecule has 0 saturated carbocycles. The monoisotopic (exact) mass is 325 g/mol. The minimum Gasteiger partial charge on any atom is -0.493 e. The van der Waals surface area contributed by atoms with Crippen molar-refractivity contribution in [1.29, 1.82) is 0 Å². The smallest absolute Gasteiger partial charge is 0.166 e. The molecule has 0 radical (unpaired) electrons. The minimum atomic E-state index is 0.231. The van der Waals surface area contributed by atoms with Gasteiger partial charge >= 0.3 is 0 Å². The number of piperidine rings is 1. The van der Waals surface area contributed by atoms with E-state index in [0.29, 0.717) is 6.04 Å². The third kappa shape index (κ3) is 2.36. The summed E-state index contributed by atoms with van der Waals surface area (Å²) in [6, 6.07) is 2.56. The van der Waals surface area contributed by atoms with Crippen LogP contribution in [0.3, 0.4) is 0 Å². The highest BCUT2D eigenvalue weighted by molar-refractivity contribution is 9.10. The summed E-state index contributed by atoms with van der Waals surface area (Å²) in [6.45, 7) is 3.20. The SMILES string of the molecule is COc1cc(C2CCCCN2)c(Br)c2c1OC(C)C2. The van der Waals surface area contributed by atoms with Gasteiger partial charge < -0.3 is 14.8 Å². The topological polar surface area (TPSA) is 30.5 Å². The van der Waals surface area contributed by atoms with Gasteiger partial charge in [-0.25, -0.2) is 0 Å². The highest BCUT2D eigenvalue weighted by Crippen LogP contribution is 2.46. The van der Waals surface area contributed by atoms with Crippen LogP contribution >= 0.6 is 15.9 Å². The van der Waals surface area contributed by atoms with Gasteiger partial charge in [0.15, 0.2) is 11.5 Å². The van der Waals surface area contributed by atoms with E-state index in [2.05, 4.69) is 34.2 Å². The molecule has 2 heterocycles. The Balaban J connectivity index is 2.03. The second kappa shape index (κ2) is 5.33. The summed E-state index contributed by atoms with van der Waals surface area (Å²) in [4.78, 5) is 0. The summed E-state index contributed by atoms with van der Waals surface area (Å²) >= 11 is 3.78. The number of hydrogen-bond donors (Lipinski definition) is 1. The van der Waals surface area contributed by atoms with E-state index in [9.17, 15) is 0 Å². The van der Waals surface area contributed by atoms with Gasteiger partial charge in [-0.05, 0) is 37.9 Å². The van der Waals surface area contributed by atoms with Crippen LogP contribution in [0.4, 0.5) is 0 Å². The summed E-state index contributed by atoms with van der Waals surface area (Å²) in [5.41, 5.74) is 2.57. The molecule has 104 valence electrons. The second-order valence-electron chi connectivity index (χ2n) is 5.42. The van der Waals surface area contributed by atoms with Crippen molar-refractivity contribution in [3.8, 4) is 11.5 Å². The Labute approximate surface area is 122 Å². The van der Waals surface area contributed by atoms with Crippen LogP contribution < -0.4 is 14.8 Å². The molecule has 2 unspecified atom stereocenters. The third-order valence-electron chi connectivity index (χ3n) is 4.02. The van der Waals surface area contributed by atoms with Crippen LogP contribution in [0.1, 0.15) is 43.4 Å². The molecular weight excluding hydrogens is 306 g/mol. The fraction of sp³-hybridized carbons (Fsp3) is 0.600. The van der Waals surface area contributed by atoms with E-state index in [0.717, 1.165) is 24.5 Å². The molecular formula is C15H20BrNO2. The number of benzene rings is 1. The molecule has 4 heteroatoms. The molecule has 3 rings (SSSR count). The standard InChI is InChI=1S/C15H20BrNO2/c1-9-7-11-14(16)10(12-5-3-4-6-17-12)8-13(18-2)15(11)19-9/h8-9,12,17H,3-7H2,1-2H3. The van der Waals surface area contributed by atoms with Gasteiger partial charge in [0, 0.05) is 22.5 Å². The zero-order chi connectivity index (χ0) is 13.4. The molecule has 3 nitrogen and oxygen atoms in total. The lowest BCUT2D eigenvalue weighted by Gasteiger charge is -2.26. The van der Waals surface area contributed by atoms with Crippen molar-refractivity contribution >= 4 is 15.9 Å². The van der Waals surface area contributed by atoms with Gasteiger partial charge in [0.05, 0.1) is 7.11 Å². The maximum atomic E-state index is 5.88. The van der Waals surface area contributed by atoms with Crippen LogP contribution in [0, 0.1) is 0 Å². The maximum Gasteiger partial charge on any atom is 0.166 e. The van der Waals surface area contributed by atoms with Gasteiger partial charge in [-0.1, -0.05) is 22.4 Å². The lowest BCUT2D eigenvalue weighted by atomic mass is 9.95. The first-order valence-electron chi connectivity index (χ1n) is 7.00. The van der Waals surface area contributed by atoms with Crippen molar-refractivity contribution in [1.82, 2.24) is 5.32 Å². The van der Waals surface area contributed by atoms with E-state index in [-0.39, 0.29) is 6.10 Å². The first-order valence-corrected chi connectivity index (χ1v) is 7.79. The molecule has 0 aliphatic carbocycles. The van der Waals surface area contributed by atoms with Crippen LogP contribution in [0.15, 0.2) is 10.5 Å². The molecule has 2 aliphatic heterocycles. The number of methoxy groups -OCH3 is 1. The summed E-state index contributed by atoms with van der Waals surface area (Å²) in [5, 5.41) is 3.60. The number of nitrogens with one attached hydrogen (secondary N) is 1. The summed E-state index contributed by atoms with van der Waals surface area (Å²) in [6.07, 6.45) is 4.94. The van der Waals surface area contributed by atoms with Gasteiger partial charge in [0.25, 0.3) is 0 Å². The average Bonchev–Trinajstić information content (AvgIpc) is 2.83. The third-order valence-corrected chi connectivity index (χ3v) is 4.96. The van der Waals surface area contributed by atoms with Crippen molar-refractivity contribution in [3.63, 3.8) is 0 Å². The van der Waals surface area contributed by atoms with Gasteiger partial charge in [-0.3, -0.25) is 0 Å². The van der Waals surface area contributed by atoms with Gasteiger partial charge in [-0.2, -0.15) is 0 Å². The number of hydrogen-bond acceptors (Lipinski definition) is 3. The first kappa shape index (κ1) is 13.3. The van der Waals surface area contributed by atoms with Crippen LogP contribution in [-0.4, -0.2) is 19.8 Å². The Morgan fingerprint density at radius 3 is 2.95 bits per heavy atom. The zero-order valence-corrected chi connectivity index (χ0v) is 13.0. The van der Waals surface area contributed by atoms with E-state index in [1.165, 1.54) is 34.9 Å². The van der Waals surface area contributed by atoms with Crippen LogP contribution in [0.25, 0.3) is 0 Å². The maximum absolute atomic E-state index is 5.88. The van der Waals surface area contributed by atoms with Crippen LogP contribution in [0.2, 0.25) is 0 Å². The Hall–Kier alpha value is -0.740. The molecule has 2 aliphatic rings. The normalized spacial score (nSPS) is 25.8. The van der Waals surface area contributed by atoms with E-state index in [4.69, 9.17) is 9.47 Å². The highest BCUT2D eigenvalue weighted by Gasteiger charge is 2.29. The molecule has 0 spiro atoms. The molecule has 1 fully saturated rings. The quantitative estimate of drug-likeness (QED) is 0.901. The van der Waals surface area contributed by atoms with Gasteiger partial charge in [-0.15, -0.1) is 0 Å². The predicted octanol–water partition coefficient (Wildman–Crippen LogP) is 3.60. The summed E-state index contributed by atoms with van der Waals surface area (Å²) in [7, 11) is 1.72. The molecule has 1 N–H and O–H groups in total. The van der Waals surface area contributed by atoms with Crippen molar-refractivity contribution < 1.29 is 9.47 Å². The van der Waals surface area contributed by atoms with E-state index < -0.39 is 0 Å². The summed E-state index contributed by atoms with van der Waals surface area (Å²) in [5.74, 6) is 1.78. The minimum absolute atomic E-state index is 0.231. The molecule has 19 heavy (non-hydrogen) atoms. The fourth-order valence-corrected chi connectivity index (χ4v) is 3.79. The molecule has 1 aromatic rings. The Morgan fingerprint density at radius 1 is 1.42 bits per heavy atom. The van der Waals surface area contributed by atoms with E-state index in [1.54, 1.807) is 7.11 Å². The largest absolute Gasteiger partial charge is 0.493 e. The van der Waals surface area contributed by atoms with Crippen molar-refractivity contribution in [2.75, 3.05) is 13.7 Å². The first-order chi connectivity index (χ1) is 9.20. The molecule has 1 aromatic carbocycles. The van der Waals surface area contributed by atoms with Crippen molar-refractivity contribution in [2.24, 2.45) is 0 Å². The van der Waals surface area contributed by atoms with Gasteiger partial charge in [0.1, 0.15) is 6.10 Å². The average molecular weight is 326 g/mol. The number of halogens is 1. The molecule has 1 saturated heterocycles. The fourth-order valence-electron chi connectivity index (χ4n) is 3.06. The number of rotatable bonds is 2. The number of ether oxygens (including phenoxy) is 2. The Morgan fingerprint density at radius 2 is 2.26 bits per heavy atom. The lowest BCUT2D eigenvalue weighted by Crippen LogP contribution is -2.27. The summed E-state index contributed by atoms with van der Waals surface area (Å²) < 4.78 is 12.6. The van der Waals surface area contributed by atoms with E-state index in [1.807, 2.05) is 0 Å². The molecule has 2 atom stereocenters. The number of fused-ring (bicyclic) bond motifs is 1. The molecule has 0 aromatic heterocycles. The van der Waals surface area contributed by atoms with Gasteiger partial charge in [0.2, 0.25) is 0 Å². The Kier molecular flexibility index (Phi) is 3.72. The zero-order valence-electron chi connectivity index (χ0n) is 11.5. The van der Waals surface area contributed by atoms with Crippen molar-refractivity contribution in [3.05, 3.63) is 21.7 Å².